The van der Waals surface area contributed by atoms with Gasteiger partial charge in [-0.2, -0.15) is 0 Å². The summed E-state index contributed by atoms with van der Waals surface area (Å²) < 4.78 is 0. The predicted molar refractivity (Wildman–Crippen MR) is 45.9 cm³/mol. The molecule has 0 aromatic rings. The summed E-state index contributed by atoms with van der Waals surface area (Å²) in [6.07, 6.45) is 0. The maximum Gasteiger partial charge on any atom is 0 e. The molecule has 0 nitrogen and oxygen atoms in total. The molecule has 1 rings (SSSR count). The van der Waals surface area contributed by atoms with Crippen molar-refractivity contribution in [2.45, 2.75) is 34.6 Å². The third-order valence-corrected chi connectivity index (χ3v) is 3.04. The quantitative estimate of drug-likeness (QED) is 0.640. The van der Waals surface area contributed by atoms with Crippen molar-refractivity contribution in [3.05, 3.63) is 22.3 Å². The number of hydrogen-bond donors (Lipinski definition) is 0. The van der Waals surface area contributed by atoms with E-state index in [-0.39, 0.29) is 20.1 Å². The molecule has 1 aliphatic carbocycles. The van der Waals surface area contributed by atoms with E-state index >= 15 is 0 Å². The summed E-state index contributed by atoms with van der Waals surface area (Å²) in [5.74, 6) is 0.694. The van der Waals surface area contributed by atoms with Gasteiger partial charge in [-0.15, -0.1) is 0 Å². The van der Waals surface area contributed by atoms with Crippen LogP contribution >= 0.6 is 0 Å². The van der Waals surface area contributed by atoms with Crippen molar-refractivity contribution in [2.75, 3.05) is 0 Å². The molecule has 0 atom stereocenters. The van der Waals surface area contributed by atoms with Gasteiger partial charge >= 0.3 is 0 Å². The first-order valence-electron chi connectivity index (χ1n) is 3.90. The Kier molecular flexibility index (Phi) is 3.73. The van der Waals surface area contributed by atoms with Crippen molar-refractivity contribution < 1.29 is 20.1 Å². The second-order valence-corrected chi connectivity index (χ2v) is 3.34. The van der Waals surface area contributed by atoms with Crippen molar-refractivity contribution >= 4 is 0 Å². The second kappa shape index (κ2) is 3.69. The van der Waals surface area contributed by atoms with Gasteiger partial charge in [0.05, 0.1) is 0 Å². The molecule has 0 unspecified atom stereocenters. The average molecular weight is 328 g/mol. The zero-order valence-electron chi connectivity index (χ0n) is 7.91. The molecule has 0 bridgehead atoms. The van der Waals surface area contributed by atoms with E-state index in [9.17, 15) is 0 Å². The smallest absolute Gasteiger partial charge is 0 e. The van der Waals surface area contributed by atoms with Crippen LogP contribution in [0.4, 0.5) is 0 Å². The molecule has 0 heterocycles. The van der Waals surface area contributed by atoms with E-state index in [0.29, 0.717) is 5.92 Å². The minimum atomic E-state index is 0. The van der Waals surface area contributed by atoms with Crippen molar-refractivity contribution in [1.29, 1.82) is 0 Å². The minimum absolute atomic E-state index is 0. The van der Waals surface area contributed by atoms with Crippen molar-refractivity contribution in [1.82, 2.24) is 0 Å². The van der Waals surface area contributed by atoms with Gasteiger partial charge in [-0.1, -0.05) is 18.1 Å². The van der Waals surface area contributed by atoms with Gasteiger partial charge in [-0.25, -0.2) is 0 Å². The molecular weight excluding hydrogens is 312 g/mol. The molecule has 0 aromatic heterocycles. The molecule has 0 aromatic carbocycles. The van der Waals surface area contributed by atoms with Gasteiger partial charge in [0.25, 0.3) is 0 Å². The minimum Gasteiger partial charge on any atom is -0.0632 e. The molecule has 1 aliphatic rings. The fourth-order valence-electron chi connectivity index (χ4n) is 1.57. The van der Waals surface area contributed by atoms with Crippen molar-refractivity contribution in [3.63, 3.8) is 0 Å². The molecule has 0 aliphatic heterocycles. The maximum absolute atomic E-state index is 2.28. The molecule has 1 radical (unpaired) electrons. The Bertz CT molecular complexity index is 197. The van der Waals surface area contributed by atoms with Crippen LogP contribution in [-0.4, -0.2) is 0 Å². The third kappa shape index (κ3) is 1.65. The molecule has 0 saturated carbocycles. The van der Waals surface area contributed by atoms with Crippen LogP contribution in [0.25, 0.3) is 0 Å². The summed E-state index contributed by atoms with van der Waals surface area (Å²) in [5, 5.41) is 0. The van der Waals surface area contributed by atoms with Crippen molar-refractivity contribution in [2.24, 2.45) is 5.92 Å². The van der Waals surface area contributed by atoms with Gasteiger partial charge in [0.15, 0.2) is 0 Å². The van der Waals surface area contributed by atoms with Gasteiger partial charge in [-0.3, -0.25) is 0 Å². The second-order valence-electron chi connectivity index (χ2n) is 3.34. The van der Waals surface area contributed by atoms with Gasteiger partial charge in [0.1, 0.15) is 0 Å². The van der Waals surface area contributed by atoms with Crippen LogP contribution in [0.2, 0.25) is 0 Å². The summed E-state index contributed by atoms with van der Waals surface area (Å²) in [5.41, 5.74) is 6.11. The van der Waals surface area contributed by atoms with Crippen molar-refractivity contribution in [3.8, 4) is 0 Å². The Morgan fingerprint density at radius 2 is 1.09 bits per heavy atom. The van der Waals surface area contributed by atoms with Crippen LogP contribution in [0.15, 0.2) is 22.3 Å². The summed E-state index contributed by atoms with van der Waals surface area (Å²) in [7, 11) is 0. The van der Waals surface area contributed by atoms with Crippen LogP contribution < -0.4 is 0 Å². The van der Waals surface area contributed by atoms with E-state index in [1.165, 1.54) is 11.1 Å². The van der Waals surface area contributed by atoms with E-state index in [0.717, 1.165) is 0 Å². The first-order chi connectivity index (χ1) is 4.55. The predicted octanol–water partition coefficient (Wildman–Crippen LogP) is 3.31. The van der Waals surface area contributed by atoms with E-state index in [1.807, 2.05) is 0 Å². The molecule has 11 heavy (non-hydrogen) atoms. The monoisotopic (exact) mass is 329 g/mol. The normalized spacial score (nSPS) is 19.4. The topological polar surface area (TPSA) is 0 Å². The molecule has 0 amide bonds. The summed E-state index contributed by atoms with van der Waals surface area (Å²) in [6, 6.07) is 0. The Hall–Kier alpha value is 0.129. The summed E-state index contributed by atoms with van der Waals surface area (Å²) in [4.78, 5) is 0. The first kappa shape index (κ1) is 11.1. The molecule has 65 valence electrons. The number of allylic oxidation sites excluding steroid dienone is 4. The van der Waals surface area contributed by atoms with Gasteiger partial charge in [0.2, 0.25) is 0 Å². The Morgan fingerprint density at radius 1 is 0.818 bits per heavy atom. The van der Waals surface area contributed by atoms with E-state index in [2.05, 4.69) is 34.6 Å². The fourth-order valence-corrected chi connectivity index (χ4v) is 1.57. The molecule has 1 heteroatoms. The standard InChI is InChI=1S/C10H16.Ir/c1-6-7(2)9(4)10(5)8(6)3;/h6H,1-5H3;. The van der Waals surface area contributed by atoms with Crippen LogP contribution in [0, 0.1) is 5.92 Å². The maximum atomic E-state index is 2.28. The third-order valence-electron chi connectivity index (χ3n) is 3.04. The SMILES string of the molecule is CC1=C(C)C(C)C(C)=C1C.[Ir]. The van der Waals surface area contributed by atoms with Crippen LogP contribution in [0.3, 0.4) is 0 Å². The molecular formula is C10H16Ir. The Labute approximate surface area is 83.1 Å². The summed E-state index contributed by atoms with van der Waals surface area (Å²) >= 11 is 0. The van der Waals surface area contributed by atoms with E-state index in [1.54, 1.807) is 11.1 Å². The average Bonchev–Trinajstić information content (AvgIpc) is 2.07. The number of rotatable bonds is 0. The van der Waals surface area contributed by atoms with Gasteiger partial charge in [-0.05, 0) is 44.8 Å². The molecule has 0 spiro atoms. The molecule has 0 fully saturated rings. The summed E-state index contributed by atoms with van der Waals surface area (Å²) in [6.45, 7) is 11.2. The first-order valence-corrected chi connectivity index (χ1v) is 3.90. The Morgan fingerprint density at radius 3 is 1.18 bits per heavy atom. The fraction of sp³-hybridized carbons (Fsp3) is 0.600. The van der Waals surface area contributed by atoms with Crippen LogP contribution in [0.1, 0.15) is 34.6 Å². The van der Waals surface area contributed by atoms with E-state index in [4.69, 9.17) is 0 Å². The molecule has 0 N–H and O–H groups in total. The molecule has 0 saturated heterocycles. The van der Waals surface area contributed by atoms with Gasteiger partial charge < -0.3 is 0 Å². The van der Waals surface area contributed by atoms with Crippen LogP contribution in [-0.2, 0) is 20.1 Å². The van der Waals surface area contributed by atoms with Crippen LogP contribution in [0.5, 0.6) is 0 Å². The zero-order valence-corrected chi connectivity index (χ0v) is 10.3. The Balaban J connectivity index is 0.000001000. The largest absolute Gasteiger partial charge is 0.0632 e. The zero-order chi connectivity index (χ0) is 7.89. The number of hydrogen-bond acceptors (Lipinski definition) is 0. The van der Waals surface area contributed by atoms with E-state index < -0.39 is 0 Å². The van der Waals surface area contributed by atoms with Gasteiger partial charge in [0, 0.05) is 20.1 Å².